The topological polar surface area (TPSA) is 93.2 Å². The van der Waals surface area contributed by atoms with Crippen molar-refractivity contribution in [1.82, 2.24) is 9.97 Å². The maximum absolute atomic E-state index is 12.4. The lowest BCUT2D eigenvalue weighted by atomic mass is 10.2. The number of aromatic nitrogens is 2. The minimum atomic E-state index is -0.483. The number of rotatable bonds is 5. The minimum absolute atomic E-state index is 0.142. The van der Waals surface area contributed by atoms with Crippen molar-refractivity contribution in [3.63, 3.8) is 0 Å². The van der Waals surface area contributed by atoms with Gasteiger partial charge >= 0.3 is 5.97 Å². The van der Waals surface area contributed by atoms with Gasteiger partial charge < -0.3 is 15.4 Å². The van der Waals surface area contributed by atoms with Crippen LogP contribution >= 0.6 is 11.6 Å². The van der Waals surface area contributed by atoms with E-state index in [-0.39, 0.29) is 5.69 Å². The Morgan fingerprint density at radius 3 is 2.44 bits per heavy atom. The maximum atomic E-state index is 12.4. The van der Waals surface area contributed by atoms with Crippen LogP contribution in [0.3, 0.4) is 0 Å². The first-order valence-corrected chi connectivity index (χ1v) is 8.28. The Labute approximate surface area is 160 Å². The van der Waals surface area contributed by atoms with E-state index in [1.54, 1.807) is 48.5 Å². The van der Waals surface area contributed by atoms with Crippen LogP contribution in [0.4, 0.5) is 17.2 Å². The molecule has 136 valence electrons. The summed E-state index contributed by atoms with van der Waals surface area (Å²) in [6, 6.07) is 15.2. The molecule has 0 aliphatic heterocycles. The highest BCUT2D eigenvalue weighted by molar-refractivity contribution is 6.33. The van der Waals surface area contributed by atoms with Crippen molar-refractivity contribution in [3.05, 3.63) is 77.2 Å². The van der Waals surface area contributed by atoms with Crippen molar-refractivity contribution < 1.29 is 14.3 Å². The van der Waals surface area contributed by atoms with Crippen LogP contribution in [0.15, 0.2) is 60.9 Å². The van der Waals surface area contributed by atoms with Crippen LogP contribution in [0.1, 0.15) is 20.8 Å². The number of amides is 1. The molecule has 7 nitrogen and oxygen atoms in total. The van der Waals surface area contributed by atoms with Gasteiger partial charge in [-0.3, -0.25) is 4.79 Å². The number of nitrogens with one attached hydrogen (secondary N) is 2. The maximum Gasteiger partial charge on any atom is 0.339 e. The molecule has 0 fully saturated rings. The molecule has 0 aliphatic carbocycles. The van der Waals surface area contributed by atoms with Crippen molar-refractivity contribution in [1.29, 1.82) is 0 Å². The first kappa shape index (κ1) is 18.3. The highest BCUT2D eigenvalue weighted by Gasteiger charge is 2.14. The third-order valence-corrected chi connectivity index (χ3v) is 3.95. The molecule has 0 radical (unpaired) electrons. The Kier molecular flexibility index (Phi) is 5.63. The average Bonchev–Trinajstić information content (AvgIpc) is 2.70. The van der Waals surface area contributed by atoms with Gasteiger partial charge in [0.2, 0.25) is 0 Å². The van der Waals surface area contributed by atoms with Crippen LogP contribution < -0.4 is 10.6 Å². The molecule has 0 saturated carbocycles. The van der Waals surface area contributed by atoms with Crippen LogP contribution in [-0.4, -0.2) is 29.0 Å². The first-order chi connectivity index (χ1) is 13.1. The van der Waals surface area contributed by atoms with Crippen molar-refractivity contribution in [3.8, 4) is 0 Å². The van der Waals surface area contributed by atoms with Crippen LogP contribution in [0.2, 0.25) is 5.02 Å². The molecule has 2 N–H and O–H groups in total. The highest BCUT2D eigenvalue weighted by Crippen LogP contribution is 2.22. The predicted octanol–water partition coefficient (Wildman–Crippen LogP) is 3.91. The summed E-state index contributed by atoms with van der Waals surface area (Å²) in [4.78, 5) is 32.4. The standard InChI is InChI=1S/C19H15ClN4O3/c1-27-19(26)12-6-2-4-8-14(12)23-17-10-16(21-11-22-17)18(25)24-15-9-5-3-7-13(15)20/h2-11H,1H3,(H,24,25)(H,21,22,23). The number of ether oxygens (including phenoxy) is 1. The predicted molar refractivity (Wildman–Crippen MR) is 103 cm³/mol. The molecule has 27 heavy (non-hydrogen) atoms. The lowest BCUT2D eigenvalue weighted by Gasteiger charge is -2.11. The molecule has 0 atom stereocenters. The summed E-state index contributed by atoms with van der Waals surface area (Å²) < 4.78 is 4.77. The number of hydrogen-bond acceptors (Lipinski definition) is 6. The lowest BCUT2D eigenvalue weighted by molar-refractivity contribution is 0.0601. The number of anilines is 3. The summed E-state index contributed by atoms with van der Waals surface area (Å²) in [7, 11) is 1.31. The molecule has 8 heteroatoms. The number of methoxy groups -OCH3 is 1. The second-order valence-electron chi connectivity index (χ2n) is 5.38. The fourth-order valence-corrected chi connectivity index (χ4v) is 2.50. The molecule has 0 spiro atoms. The van der Waals surface area contributed by atoms with Crippen LogP contribution in [-0.2, 0) is 4.74 Å². The summed E-state index contributed by atoms with van der Waals surface area (Å²) in [6.45, 7) is 0. The molecule has 0 bridgehead atoms. The van der Waals surface area contributed by atoms with Crippen molar-refractivity contribution >= 4 is 40.7 Å². The zero-order valence-corrected chi connectivity index (χ0v) is 15.0. The Balaban J connectivity index is 1.81. The van der Waals surface area contributed by atoms with Crippen LogP contribution in [0.5, 0.6) is 0 Å². The summed E-state index contributed by atoms with van der Waals surface area (Å²) >= 11 is 6.05. The molecule has 2 aromatic carbocycles. The normalized spacial score (nSPS) is 10.1. The minimum Gasteiger partial charge on any atom is -0.465 e. The Morgan fingerprint density at radius 2 is 1.70 bits per heavy atom. The molecule has 0 aliphatic rings. The third kappa shape index (κ3) is 4.39. The van der Waals surface area contributed by atoms with Crippen LogP contribution in [0, 0.1) is 0 Å². The first-order valence-electron chi connectivity index (χ1n) is 7.91. The van der Waals surface area contributed by atoms with E-state index in [1.165, 1.54) is 19.5 Å². The quantitative estimate of drug-likeness (QED) is 0.650. The zero-order valence-electron chi connectivity index (χ0n) is 14.3. The van der Waals surface area contributed by atoms with Gasteiger partial charge in [0.05, 0.1) is 29.1 Å². The van der Waals surface area contributed by atoms with Crippen molar-refractivity contribution in [2.45, 2.75) is 0 Å². The SMILES string of the molecule is COC(=O)c1ccccc1Nc1cc(C(=O)Nc2ccccc2Cl)ncn1. The Bertz CT molecular complexity index is 994. The number of para-hydroxylation sites is 2. The monoisotopic (exact) mass is 382 g/mol. The van der Waals surface area contributed by atoms with Gasteiger partial charge in [0.15, 0.2) is 0 Å². The zero-order chi connectivity index (χ0) is 19.2. The highest BCUT2D eigenvalue weighted by atomic mass is 35.5. The molecular formula is C19H15ClN4O3. The summed E-state index contributed by atoms with van der Waals surface area (Å²) in [5, 5.41) is 6.12. The van der Waals surface area contributed by atoms with Gasteiger partial charge in [-0.25, -0.2) is 14.8 Å². The largest absolute Gasteiger partial charge is 0.465 e. The fourth-order valence-electron chi connectivity index (χ4n) is 2.32. The van der Waals surface area contributed by atoms with E-state index >= 15 is 0 Å². The lowest BCUT2D eigenvalue weighted by Crippen LogP contribution is -2.14. The molecule has 1 amide bonds. The van der Waals surface area contributed by atoms with E-state index in [2.05, 4.69) is 20.6 Å². The number of esters is 1. The number of halogens is 1. The molecule has 0 unspecified atom stereocenters. The van der Waals surface area contributed by atoms with Gasteiger partial charge in [-0.2, -0.15) is 0 Å². The molecule has 1 aromatic heterocycles. The third-order valence-electron chi connectivity index (χ3n) is 3.62. The smallest absolute Gasteiger partial charge is 0.339 e. The second kappa shape index (κ2) is 8.29. The van der Waals surface area contributed by atoms with E-state index in [0.29, 0.717) is 27.8 Å². The van der Waals surface area contributed by atoms with Gasteiger partial charge in [0.25, 0.3) is 5.91 Å². The number of benzene rings is 2. The summed E-state index contributed by atoms with van der Waals surface area (Å²) in [5.74, 6) is -0.565. The van der Waals surface area contributed by atoms with Gasteiger partial charge in [0, 0.05) is 6.07 Å². The van der Waals surface area contributed by atoms with Gasteiger partial charge in [-0.1, -0.05) is 35.9 Å². The molecular weight excluding hydrogens is 368 g/mol. The van der Waals surface area contributed by atoms with Gasteiger partial charge in [-0.05, 0) is 24.3 Å². The fraction of sp³-hybridized carbons (Fsp3) is 0.0526. The number of hydrogen-bond donors (Lipinski definition) is 2. The number of nitrogens with zero attached hydrogens (tertiary/aromatic N) is 2. The van der Waals surface area contributed by atoms with Gasteiger partial charge in [-0.15, -0.1) is 0 Å². The Morgan fingerprint density at radius 1 is 1.00 bits per heavy atom. The van der Waals surface area contributed by atoms with Crippen molar-refractivity contribution in [2.75, 3.05) is 17.7 Å². The van der Waals surface area contributed by atoms with Gasteiger partial charge in [0.1, 0.15) is 17.8 Å². The average molecular weight is 383 g/mol. The van der Waals surface area contributed by atoms with E-state index in [9.17, 15) is 9.59 Å². The molecule has 3 aromatic rings. The second-order valence-corrected chi connectivity index (χ2v) is 5.79. The van der Waals surface area contributed by atoms with E-state index < -0.39 is 11.9 Å². The number of carbonyl (C=O) groups is 2. The Hall–Kier alpha value is -3.45. The molecule has 1 heterocycles. The van der Waals surface area contributed by atoms with E-state index in [4.69, 9.17) is 16.3 Å². The molecule has 3 rings (SSSR count). The summed E-state index contributed by atoms with van der Waals surface area (Å²) in [6.07, 6.45) is 1.25. The van der Waals surface area contributed by atoms with E-state index in [0.717, 1.165) is 0 Å². The van der Waals surface area contributed by atoms with E-state index in [1.807, 2.05) is 0 Å². The molecule has 0 saturated heterocycles. The summed E-state index contributed by atoms with van der Waals surface area (Å²) in [5.41, 5.74) is 1.47. The van der Waals surface area contributed by atoms with Crippen molar-refractivity contribution in [2.24, 2.45) is 0 Å². The van der Waals surface area contributed by atoms with Crippen LogP contribution in [0.25, 0.3) is 0 Å². The number of carbonyl (C=O) groups excluding carboxylic acids is 2.